The predicted octanol–water partition coefficient (Wildman–Crippen LogP) is 1.84. The highest BCUT2D eigenvalue weighted by atomic mass is 16.1. The molecule has 14 heavy (non-hydrogen) atoms. The van der Waals surface area contributed by atoms with Crippen LogP contribution in [0.3, 0.4) is 0 Å². The molecule has 0 spiro atoms. The highest BCUT2D eigenvalue weighted by Gasteiger charge is 2.23. The summed E-state index contributed by atoms with van der Waals surface area (Å²) in [4.78, 5) is 10.7. The summed E-state index contributed by atoms with van der Waals surface area (Å²) < 4.78 is 0. The third kappa shape index (κ3) is 1.16. The summed E-state index contributed by atoms with van der Waals surface area (Å²) in [6.45, 7) is 2.59. The molecule has 1 N–H and O–H groups in total. The van der Waals surface area contributed by atoms with Crippen molar-refractivity contribution in [2.75, 3.05) is 11.9 Å². The summed E-state index contributed by atoms with van der Waals surface area (Å²) in [5, 5.41) is 12.1. The predicted molar refractivity (Wildman–Crippen MR) is 53.4 cm³/mol. The van der Waals surface area contributed by atoms with E-state index >= 15 is 0 Å². The van der Waals surface area contributed by atoms with Crippen LogP contribution in [0.25, 0.3) is 0 Å². The molecule has 1 heterocycles. The Morgan fingerprint density at radius 2 is 2.43 bits per heavy atom. The zero-order valence-corrected chi connectivity index (χ0v) is 7.87. The topological polar surface area (TPSA) is 52.9 Å². The zero-order chi connectivity index (χ0) is 10.1. The Hall–Kier alpha value is -1.82. The van der Waals surface area contributed by atoms with E-state index in [0.29, 0.717) is 12.1 Å². The summed E-state index contributed by atoms with van der Waals surface area (Å²) in [6.07, 6.45) is 0.819. The molecule has 1 aliphatic heterocycles. The average Bonchev–Trinajstić information content (AvgIpc) is 2.61. The van der Waals surface area contributed by atoms with Crippen LogP contribution in [0.1, 0.15) is 27.4 Å². The van der Waals surface area contributed by atoms with Crippen LogP contribution in [0.2, 0.25) is 0 Å². The molecule has 3 heteroatoms. The standard InChI is InChI=1S/C11H10N2O/c1-7-2-8(6-14)3-10-9(4-12)5-13-11(7)10/h2-3,6,9,13H,5H2,1H3. The fourth-order valence-corrected chi connectivity index (χ4v) is 1.86. The van der Waals surface area contributed by atoms with Crippen molar-refractivity contribution in [3.63, 3.8) is 0 Å². The van der Waals surface area contributed by atoms with Gasteiger partial charge in [0.15, 0.2) is 0 Å². The second kappa shape index (κ2) is 3.15. The maximum atomic E-state index is 10.7. The Labute approximate surface area is 82.4 Å². The molecule has 0 aliphatic carbocycles. The third-order valence-corrected chi connectivity index (χ3v) is 2.54. The largest absolute Gasteiger partial charge is 0.383 e. The van der Waals surface area contributed by atoms with Crippen molar-refractivity contribution in [2.45, 2.75) is 12.8 Å². The van der Waals surface area contributed by atoms with Crippen molar-refractivity contribution in [3.05, 3.63) is 28.8 Å². The Morgan fingerprint density at radius 1 is 1.64 bits per heavy atom. The lowest BCUT2D eigenvalue weighted by molar-refractivity contribution is 0.112. The molecule has 0 saturated carbocycles. The molecule has 0 bridgehead atoms. The fourth-order valence-electron chi connectivity index (χ4n) is 1.86. The van der Waals surface area contributed by atoms with Crippen LogP contribution in [0.5, 0.6) is 0 Å². The van der Waals surface area contributed by atoms with E-state index in [1.807, 2.05) is 13.0 Å². The van der Waals surface area contributed by atoms with Crippen LogP contribution in [0.4, 0.5) is 5.69 Å². The maximum Gasteiger partial charge on any atom is 0.150 e. The van der Waals surface area contributed by atoms with Crippen molar-refractivity contribution in [3.8, 4) is 6.07 Å². The van der Waals surface area contributed by atoms with Crippen molar-refractivity contribution in [2.24, 2.45) is 0 Å². The van der Waals surface area contributed by atoms with Crippen LogP contribution >= 0.6 is 0 Å². The molecule has 1 atom stereocenters. The van der Waals surface area contributed by atoms with Crippen LogP contribution in [-0.4, -0.2) is 12.8 Å². The second-order valence-electron chi connectivity index (χ2n) is 3.48. The first-order chi connectivity index (χ1) is 6.76. The number of rotatable bonds is 1. The summed E-state index contributed by atoms with van der Waals surface area (Å²) in [5.41, 5.74) is 3.64. The number of hydrogen-bond donors (Lipinski definition) is 1. The number of hydrogen-bond acceptors (Lipinski definition) is 3. The SMILES string of the molecule is Cc1cc(C=O)cc2c1NCC2C#N. The number of aryl methyl sites for hydroxylation is 1. The molecule has 70 valence electrons. The van der Waals surface area contributed by atoms with Gasteiger partial charge in [0.25, 0.3) is 0 Å². The van der Waals surface area contributed by atoms with Crippen molar-refractivity contribution in [1.29, 1.82) is 5.26 Å². The summed E-state index contributed by atoms with van der Waals surface area (Å²) in [5.74, 6) is -0.122. The lowest BCUT2D eigenvalue weighted by Gasteiger charge is -2.05. The Balaban J connectivity index is 2.59. The molecule has 1 aromatic rings. The van der Waals surface area contributed by atoms with Crippen molar-refractivity contribution >= 4 is 12.0 Å². The zero-order valence-electron chi connectivity index (χ0n) is 7.87. The van der Waals surface area contributed by atoms with Gasteiger partial charge in [-0.15, -0.1) is 0 Å². The van der Waals surface area contributed by atoms with E-state index in [9.17, 15) is 4.79 Å². The highest BCUT2D eigenvalue weighted by Crippen LogP contribution is 2.34. The van der Waals surface area contributed by atoms with Gasteiger partial charge < -0.3 is 5.32 Å². The Bertz CT molecular complexity index is 432. The molecule has 2 rings (SSSR count). The first-order valence-corrected chi connectivity index (χ1v) is 4.49. The van der Waals surface area contributed by atoms with Gasteiger partial charge >= 0.3 is 0 Å². The van der Waals surface area contributed by atoms with Crippen molar-refractivity contribution in [1.82, 2.24) is 0 Å². The van der Waals surface area contributed by atoms with Crippen molar-refractivity contribution < 1.29 is 4.79 Å². The Kier molecular flexibility index (Phi) is 1.97. The second-order valence-corrected chi connectivity index (χ2v) is 3.48. The average molecular weight is 186 g/mol. The number of nitrogens with one attached hydrogen (secondary N) is 1. The van der Waals surface area contributed by atoms with Gasteiger partial charge in [0.1, 0.15) is 6.29 Å². The van der Waals surface area contributed by atoms with E-state index in [1.165, 1.54) is 0 Å². The molecule has 1 aromatic carbocycles. The third-order valence-electron chi connectivity index (χ3n) is 2.54. The minimum Gasteiger partial charge on any atom is -0.383 e. The van der Waals surface area contributed by atoms with E-state index in [1.54, 1.807) is 6.07 Å². The van der Waals surface area contributed by atoms with Gasteiger partial charge in [-0.1, -0.05) is 0 Å². The molecule has 1 aliphatic rings. The van der Waals surface area contributed by atoms with E-state index < -0.39 is 0 Å². The molecule has 0 saturated heterocycles. The summed E-state index contributed by atoms with van der Waals surface area (Å²) in [7, 11) is 0. The van der Waals surface area contributed by atoms with E-state index in [2.05, 4.69) is 11.4 Å². The first kappa shape index (κ1) is 8.76. The Morgan fingerprint density at radius 3 is 3.07 bits per heavy atom. The van der Waals surface area contributed by atoms with Crippen LogP contribution in [0, 0.1) is 18.3 Å². The molecule has 0 aromatic heterocycles. The number of carbonyl (C=O) groups is 1. The lowest BCUT2D eigenvalue weighted by atomic mass is 9.98. The van der Waals surface area contributed by atoms with Gasteiger partial charge in [0.2, 0.25) is 0 Å². The van der Waals surface area contributed by atoms with Crippen LogP contribution in [0.15, 0.2) is 12.1 Å². The smallest absolute Gasteiger partial charge is 0.150 e. The van der Waals surface area contributed by atoms with Gasteiger partial charge in [-0.05, 0) is 30.2 Å². The number of anilines is 1. The van der Waals surface area contributed by atoms with Gasteiger partial charge in [-0.3, -0.25) is 4.79 Å². The number of aldehydes is 1. The highest BCUT2D eigenvalue weighted by molar-refractivity contribution is 5.79. The summed E-state index contributed by atoms with van der Waals surface area (Å²) in [6, 6.07) is 5.85. The number of fused-ring (bicyclic) bond motifs is 1. The van der Waals surface area contributed by atoms with Crippen LogP contribution < -0.4 is 5.32 Å². The molecule has 0 fully saturated rings. The monoisotopic (exact) mass is 186 g/mol. The van der Waals surface area contributed by atoms with E-state index in [-0.39, 0.29) is 5.92 Å². The molecular weight excluding hydrogens is 176 g/mol. The quantitative estimate of drug-likeness (QED) is 0.681. The number of carbonyl (C=O) groups excluding carboxylic acids is 1. The molecule has 3 nitrogen and oxygen atoms in total. The molecular formula is C11H10N2O. The minimum absolute atomic E-state index is 0.122. The molecule has 0 amide bonds. The first-order valence-electron chi connectivity index (χ1n) is 4.49. The van der Waals surface area contributed by atoms with Crippen LogP contribution in [-0.2, 0) is 0 Å². The fraction of sp³-hybridized carbons (Fsp3) is 0.273. The number of benzene rings is 1. The van der Waals surface area contributed by atoms with E-state index in [4.69, 9.17) is 5.26 Å². The van der Waals surface area contributed by atoms with Gasteiger partial charge in [0, 0.05) is 17.8 Å². The molecule has 0 radical (unpaired) electrons. The number of nitriles is 1. The van der Waals surface area contributed by atoms with Gasteiger partial charge in [-0.25, -0.2) is 0 Å². The summed E-state index contributed by atoms with van der Waals surface area (Å²) >= 11 is 0. The number of nitrogens with zero attached hydrogens (tertiary/aromatic N) is 1. The molecule has 1 unspecified atom stereocenters. The normalized spacial score (nSPS) is 18.1. The maximum absolute atomic E-state index is 10.7. The lowest BCUT2D eigenvalue weighted by Crippen LogP contribution is -1.98. The van der Waals surface area contributed by atoms with E-state index in [0.717, 1.165) is 23.1 Å². The van der Waals surface area contributed by atoms with Gasteiger partial charge in [0.05, 0.1) is 12.0 Å². The van der Waals surface area contributed by atoms with Gasteiger partial charge in [-0.2, -0.15) is 5.26 Å². The minimum atomic E-state index is -0.122.